The van der Waals surface area contributed by atoms with Gasteiger partial charge in [-0.3, -0.25) is 14.3 Å². The molecule has 0 saturated heterocycles. The van der Waals surface area contributed by atoms with Crippen LogP contribution in [0.3, 0.4) is 0 Å². The van der Waals surface area contributed by atoms with Gasteiger partial charge in [-0.2, -0.15) is 5.90 Å². The van der Waals surface area contributed by atoms with E-state index in [4.69, 9.17) is 33.9 Å². The van der Waals surface area contributed by atoms with Crippen molar-refractivity contribution >= 4 is 57.5 Å². The average molecular weight is 616 g/mol. The van der Waals surface area contributed by atoms with Gasteiger partial charge in [0.25, 0.3) is 5.56 Å². The molecule has 4 N–H and O–H groups in total. The van der Waals surface area contributed by atoms with Gasteiger partial charge < -0.3 is 15.5 Å². The smallest absolute Gasteiger partial charge is 0.294 e. The summed E-state index contributed by atoms with van der Waals surface area (Å²) in [4.78, 5) is 30.5. The lowest BCUT2D eigenvalue weighted by atomic mass is 10.2. The molecule has 12 heteroatoms. The van der Waals surface area contributed by atoms with Crippen LogP contribution in [0.1, 0.15) is 15.3 Å². The molecule has 2 aromatic heterocycles. The van der Waals surface area contributed by atoms with Gasteiger partial charge in [0.15, 0.2) is 5.82 Å². The maximum Gasteiger partial charge on any atom is 0.294 e. The van der Waals surface area contributed by atoms with Crippen LogP contribution in [0.25, 0.3) is 0 Å². The number of alkyl halides is 1. The molecular weight excluding hydrogens is 592 g/mol. The molecule has 0 spiro atoms. The van der Waals surface area contributed by atoms with Crippen LogP contribution in [-0.4, -0.2) is 40.1 Å². The zero-order valence-electron chi connectivity index (χ0n) is 18.1. The maximum atomic E-state index is 12.8. The second-order valence-corrected chi connectivity index (χ2v) is 9.10. The number of benzene rings is 1. The van der Waals surface area contributed by atoms with E-state index in [1.54, 1.807) is 12.3 Å². The molecular formula is C22H24Cl2IN7O2. The van der Waals surface area contributed by atoms with Crippen LogP contribution in [0.5, 0.6) is 0 Å². The lowest BCUT2D eigenvalue weighted by Gasteiger charge is -2.13. The van der Waals surface area contributed by atoms with E-state index in [-0.39, 0.29) is 27.1 Å². The summed E-state index contributed by atoms with van der Waals surface area (Å²) in [5, 5.41) is 7.10. The molecule has 0 aliphatic heterocycles. The van der Waals surface area contributed by atoms with Crippen molar-refractivity contribution in [1.82, 2.24) is 19.9 Å². The summed E-state index contributed by atoms with van der Waals surface area (Å²) in [5.41, 5.74) is 1.56. The van der Waals surface area contributed by atoms with E-state index in [1.165, 1.54) is 10.8 Å². The largest absolute Gasteiger partial charge is 0.395 e. The van der Waals surface area contributed by atoms with Crippen LogP contribution < -0.4 is 22.1 Å². The zero-order valence-corrected chi connectivity index (χ0v) is 21.8. The van der Waals surface area contributed by atoms with Gasteiger partial charge in [0.05, 0.1) is 12.7 Å². The van der Waals surface area contributed by atoms with Gasteiger partial charge in [0, 0.05) is 43.0 Å². The summed E-state index contributed by atoms with van der Waals surface area (Å²) < 4.78 is 1.23. The Kier molecular flexibility index (Phi) is 10.5. The number of nitrogens with two attached hydrogens (primary N) is 1. The fourth-order valence-electron chi connectivity index (χ4n) is 3.01. The van der Waals surface area contributed by atoms with Crippen molar-refractivity contribution in [3.8, 4) is 0 Å². The lowest BCUT2D eigenvalue weighted by Crippen LogP contribution is -2.33. The van der Waals surface area contributed by atoms with E-state index in [1.807, 2.05) is 36.4 Å². The number of hydrogen-bond acceptors (Lipinski definition) is 8. The first-order valence-electron chi connectivity index (χ1n) is 10.4. The monoisotopic (exact) mass is 615 g/mol. The average Bonchev–Trinajstić information content (AvgIpc) is 2.84. The van der Waals surface area contributed by atoms with Gasteiger partial charge in [-0.25, -0.2) is 9.98 Å². The molecule has 0 aliphatic rings. The van der Waals surface area contributed by atoms with Gasteiger partial charge in [0.1, 0.15) is 9.20 Å². The van der Waals surface area contributed by atoms with Crippen LogP contribution in [-0.2, 0) is 17.8 Å². The highest BCUT2D eigenvalue weighted by atomic mass is 127. The van der Waals surface area contributed by atoms with E-state index in [0.717, 1.165) is 11.3 Å². The van der Waals surface area contributed by atoms with Crippen molar-refractivity contribution in [3.63, 3.8) is 0 Å². The van der Waals surface area contributed by atoms with Crippen molar-refractivity contribution in [2.45, 2.75) is 17.0 Å². The maximum absolute atomic E-state index is 12.8. The van der Waals surface area contributed by atoms with Crippen molar-refractivity contribution in [2.24, 2.45) is 10.9 Å². The minimum Gasteiger partial charge on any atom is -0.395 e. The van der Waals surface area contributed by atoms with Crippen LogP contribution in [0.4, 0.5) is 5.82 Å². The number of halogens is 3. The Morgan fingerprint density at radius 1 is 1.21 bits per heavy atom. The number of nitrogens with zero attached hydrogens (tertiary/aromatic N) is 4. The summed E-state index contributed by atoms with van der Waals surface area (Å²) in [7, 11) is 0. The first kappa shape index (κ1) is 26.4. The number of anilines is 1. The lowest BCUT2D eigenvalue weighted by molar-refractivity contribution is 0.309. The first-order valence-corrected chi connectivity index (χ1v) is 12.4. The summed E-state index contributed by atoms with van der Waals surface area (Å²) in [6.07, 6.45) is 3.85. The Hall–Kier alpha value is -2.25. The summed E-state index contributed by atoms with van der Waals surface area (Å²) >= 11 is 14.4. The Morgan fingerprint density at radius 3 is 2.79 bits per heavy atom. The van der Waals surface area contributed by atoms with Crippen LogP contribution in [0.15, 0.2) is 64.6 Å². The van der Waals surface area contributed by atoms with Crippen LogP contribution >= 0.6 is 45.8 Å². The molecule has 1 aromatic carbocycles. The molecule has 0 aliphatic carbocycles. The molecule has 0 amide bonds. The Morgan fingerprint density at radius 2 is 2.06 bits per heavy atom. The van der Waals surface area contributed by atoms with Crippen molar-refractivity contribution < 1.29 is 4.84 Å². The number of aromatic nitrogens is 3. The molecule has 0 fully saturated rings. The fourth-order valence-corrected chi connectivity index (χ4v) is 4.12. The second kappa shape index (κ2) is 13.6. The number of aliphatic imine (C=N–C) groups is 1. The molecule has 0 radical (unpaired) electrons. The van der Waals surface area contributed by atoms with Crippen LogP contribution in [0, 0.1) is 0 Å². The van der Waals surface area contributed by atoms with Gasteiger partial charge >= 0.3 is 0 Å². The molecule has 3 aromatic rings. The molecule has 1 unspecified atom stereocenters. The Bertz CT molecular complexity index is 1160. The molecule has 3 rings (SSSR count). The van der Waals surface area contributed by atoms with Gasteiger partial charge in [0.2, 0.25) is 5.90 Å². The molecule has 9 nitrogen and oxygen atoms in total. The van der Waals surface area contributed by atoms with Crippen LogP contribution in [0.2, 0.25) is 10.2 Å². The highest BCUT2D eigenvalue weighted by Crippen LogP contribution is 2.27. The van der Waals surface area contributed by atoms with Crippen molar-refractivity contribution in [3.05, 3.63) is 86.6 Å². The topological polar surface area (TPSA) is 119 Å². The first-order chi connectivity index (χ1) is 16.5. The predicted molar refractivity (Wildman–Crippen MR) is 144 cm³/mol. The summed E-state index contributed by atoms with van der Waals surface area (Å²) in [6.45, 7) is 1.57. The van der Waals surface area contributed by atoms with Gasteiger partial charge in [-0.1, -0.05) is 64.0 Å². The number of pyridine rings is 1. The molecule has 0 saturated carbocycles. The van der Waals surface area contributed by atoms with Gasteiger partial charge in [-0.15, -0.1) is 0 Å². The molecule has 1 atom stereocenters. The minimum absolute atomic E-state index is 0.214. The number of rotatable bonds is 11. The highest BCUT2D eigenvalue weighted by molar-refractivity contribution is 14.1. The predicted octanol–water partition coefficient (Wildman–Crippen LogP) is 3.61. The molecule has 0 bridgehead atoms. The standard InChI is InChI=1S/C22H24Cl2IN7O2/c23-16-5-3-4-15(12-16)20(25)31-19(34-26)14-27-10-11-32-18(24)13-30-21(22(32)33)29-9-7-17-6-1-2-8-28-17/h1-6,8,12-13,20,27H,7,9-11,14,26H2,(H,29,30)/b31-19-. The second-order valence-electron chi connectivity index (χ2n) is 7.09. The van der Waals surface area contributed by atoms with E-state index < -0.39 is 0 Å². The normalized spacial score (nSPS) is 12.4. The molecule has 180 valence electrons. The third kappa shape index (κ3) is 7.91. The number of nitrogens with one attached hydrogen (secondary N) is 2. The fraction of sp³-hybridized carbons (Fsp3) is 0.273. The quantitative estimate of drug-likeness (QED) is 0.0573. The third-order valence-corrected chi connectivity index (χ3v) is 6.25. The van der Waals surface area contributed by atoms with E-state index >= 15 is 0 Å². The van der Waals surface area contributed by atoms with E-state index in [2.05, 4.69) is 48.2 Å². The summed E-state index contributed by atoms with van der Waals surface area (Å²) in [6, 6.07) is 13.1. The Balaban J connectivity index is 1.53. The molecule has 34 heavy (non-hydrogen) atoms. The van der Waals surface area contributed by atoms with E-state index in [9.17, 15) is 4.79 Å². The number of hydrogen-bond donors (Lipinski definition) is 3. The van der Waals surface area contributed by atoms with E-state index in [0.29, 0.717) is 37.0 Å². The highest BCUT2D eigenvalue weighted by Gasteiger charge is 2.11. The van der Waals surface area contributed by atoms with Crippen molar-refractivity contribution in [2.75, 3.05) is 25.0 Å². The van der Waals surface area contributed by atoms with Gasteiger partial charge in [-0.05, 0) is 29.8 Å². The minimum atomic E-state index is -0.299. The summed E-state index contributed by atoms with van der Waals surface area (Å²) in [5.74, 6) is 5.94. The SMILES string of the molecule is NO/C(CNCCn1c(Cl)cnc(NCCc2ccccn2)c1=O)=N\C(I)c1cccc(Cl)c1. The molecule has 2 heterocycles. The zero-order chi connectivity index (χ0) is 24.3. The Labute approximate surface area is 220 Å². The van der Waals surface area contributed by atoms with Crippen molar-refractivity contribution in [1.29, 1.82) is 0 Å². The third-order valence-electron chi connectivity index (χ3n) is 4.71.